The van der Waals surface area contributed by atoms with Gasteiger partial charge in [0.05, 0.1) is 14.2 Å². The third kappa shape index (κ3) is 4.43. The Morgan fingerprint density at radius 1 is 1.10 bits per heavy atom. The smallest absolute Gasteiger partial charge is 0.129 e. The Kier molecular flexibility index (Phi) is 6.51. The number of hydrogen-bond acceptors (Lipinski definition) is 5. The standard InChI is InChI=1S/C23H29F2N3O2/c1-29-18-7-5-15(22(11-18)30-2)13-28-9-3-4-16(14-28)23-20(12-26-27-23)19-8-6-17(24)10-21(19)25/h5-8,10-11,16,20,23,26-27H,3-4,9,12-14H2,1-2H3. The first-order valence-corrected chi connectivity index (χ1v) is 10.5. The van der Waals surface area contributed by atoms with Gasteiger partial charge in [0.1, 0.15) is 23.1 Å². The van der Waals surface area contributed by atoms with Crippen molar-refractivity contribution in [2.75, 3.05) is 33.9 Å². The van der Waals surface area contributed by atoms with Crippen molar-refractivity contribution in [3.63, 3.8) is 0 Å². The zero-order valence-electron chi connectivity index (χ0n) is 17.5. The summed E-state index contributed by atoms with van der Waals surface area (Å²) in [5.74, 6) is 0.939. The highest BCUT2D eigenvalue weighted by Gasteiger charge is 2.37. The van der Waals surface area contributed by atoms with Crippen LogP contribution in [0, 0.1) is 17.6 Å². The Balaban J connectivity index is 1.47. The van der Waals surface area contributed by atoms with E-state index in [2.05, 4.69) is 15.8 Å². The van der Waals surface area contributed by atoms with E-state index >= 15 is 0 Å². The number of ether oxygens (including phenoxy) is 2. The summed E-state index contributed by atoms with van der Waals surface area (Å²) in [7, 11) is 3.32. The lowest BCUT2D eigenvalue weighted by Crippen LogP contribution is -2.46. The van der Waals surface area contributed by atoms with Gasteiger partial charge in [-0.05, 0) is 43.0 Å². The lowest BCUT2D eigenvalue weighted by atomic mass is 9.81. The predicted molar refractivity (Wildman–Crippen MR) is 112 cm³/mol. The maximum atomic E-state index is 14.4. The van der Waals surface area contributed by atoms with Crippen LogP contribution in [0.1, 0.15) is 29.9 Å². The lowest BCUT2D eigenvalue weighted by Gasteiger charge is -2.37. The highest BCUT2D eigenvalue weighted by atomic mass is 19.1. The molecule has 0 spiro atoms. The van der Waals surface area contributed by atoms with Gasteiger partial charge in [-0.15, -0.1) is 0 Å². The first-order chi connectivity index (χ1) is 14.6. The summed E-state index contributed by atoms with van der Waals surface area (Å²) in [4.78, 5) is 2.43. The summed E-state index contributed by atoms with van der Waals surface area (Å²) in [6, 6.07) is 9.92. The Bertz CT molecular complexity index is 880. The average molecular weight is 418 g/mol. The van der Waals surface area contributed by atoms with Crippen LogP contribution < -0.4 is 20.3 Å². The van der Waals surface area contributed by atoms with Crippen molar-refractivity contribution in [3.05, 3.63) is 59.2 Å². The van der Waals surface area contributed by atoms with Gasteiger partial charge in [0.15, 0.2) is 0 Å². The molecule has 0 saturated carbocycles. The van der Waals surface area contributed by atoms with E-state index in [0.717, 1.165) is 55.6 Å². The molecule has 3 atom stereocenters. The van der Waals surface area contributed by atoms with Crippen molar-refractivity contribution in [2.45, 2.75) is 31.3 Å². The number of hydrazine groups is 1. The Morgan fingerprint density at radius 3 is 2.73 bits per heavy atom. The molecule has 30 heavy (non-hydrogen) atoms. The van der Waals surface area contributed by atoms with Gasteiger partial charge in [0, 0.05) is 49.3 Å². The van der Waals surface area contributed by atoms with E-state index in [1.807, 2.05) is 18.2 Å². The van der Waals surface area contributed by atoms with E-state index in [-0.39, 0.29) is 12.0 Å². The van der Waals surface area contributed by atoms with Crippen LogP contribution in [0.2, 0.25) is 0 Å². The van der Waals surface area contributed by atoms with Gasteiger partial charge >= 0.3 is 0 Å². The fraction of sp³-hybridized carbons (Fsp3) is 0.478. The second-order valence-electron chi connectivity index (χ2n) is 8.14. The summed E-state index contributed by atoms with van der Waals surface area (Å²) in [6.45, 7) is 3.35. The first kappa shape index (κ1) is 21.0. The van der Waals surface area contributed by atoms with Crippen molar-refractivity contribution in [1.82, 2.24) is 15.8 Å². The van der Waals surface area contributed by atoms with E-state index < -0.39 is 11.6 Å². The highest BCUT2D eigenvalue weighted by Crippen LogP contribution is 2.34. The molecule has 0 aromatic heterocycles. The minimum absolute atomic E-state index is 0.0222. The molecular formula is C23H29F2N3O2. The zero-order valence-corrected chi connectivity index (χ0v) is 17.5. The van der Waals surface area contributed by atoms with E-state index in [9.17, 15) is 8.78 Å². The van der Waals surface area contributed by atoms with Crippen LogP contribution in [0.4, 0.5) is 8.78 Å². The third-order valence-corrected chi connectivity index (χ3v) is 6.32. The van der Waals surface area contributed by atoms with Crippen LogP contribution in [0.3, 0.4) is 0 Å². The van der Waals surface area contributed by atoms with Crippen LogP contribution >= 0.6 is 0 Å². The molecular weight excluding hydrogens is 388 g/mol. The molecule has 2 aromatic rings. The monoisotopic (exact) mass is 417 g/mol. The molecule has 0 bridgehead atoms. The first-order valence-electron chi connectivity index (χ1n) is 10.5. The van der Waals surface area contributed by atoms with Crippen LogP contribution in [0.25, 0.3) is 0 Å². The summed E-state index contributed by atoms with van der Waals surface area (Å²) < 4.78 is 38.6. The number of hydrogen-bond donors (Lipinski definition) is 2. The fourth-order valence-corrected chi connectivity index (χ4v) is 4.82. The van der Waals surface area contributed by atoms with Crippen LogP contribution in [0.15, 0.2) is 36.4 Å². The minimum atomic E-state index is -0.538. The largest absolute Gasteiger partial charge is 0.497 e. The molecule has 3 unspecified atom stereocenters. The Morgan fingerprint density at radius 2 is 1.97 bits per heavy atom. The number of nitrogens with zero attached hydrogens (tertiary/aromatic N) is 1. The van der Waals surface area contributed by atoms with Gasteiger partial charge in [-0.2, -0.15) is 0 Å². The van der Waals surface area contributed by atoms with Crippen LogP contribution in [-0.2, 0) is 6.54 Å². The summed E-state index contributed by atoms with van der Waals surface area (Å²) >= 11 is 0. The number of likely N-dealkylation sites (tertiary alicyclic amines) is 1. The second kappa shape index (κ2) is 9.29. The van der Waals surface area contributed by atoms with Crippen molar-refractivity contribution < 1.29 is 18.3 Å². The summed E-state index contributed by atoms with van der Waals surface area (Å²) in [5.41, 5.74) is 8.25. The predicted octanol–water partition coefficient (Wildman–Crippen LogP) is 3.45. The molecule has 2 aromatic carbocycles. The molecule has 2 aliphatic rings. The molecule has 2 fully saturated rings. The number of nitrogens with one attached hydrogen (secondary N) is 2. The molecule has 0 radical (unpaired) electrons. The SMILES string of the molecule is COc1ccc(CN2CCCC(C3NNCC3c3ccc(F)cc3F)C2)c(OC)c1. The van der Waals surface area contributed by atoms with Crippen molar-refractivity contribution in [3.8, 4) is 11.5 Å². The molecule has 4 rings (SSSR count). The number of methoxy groups -OCH3 is 2. The summed E-state index contributed by atoms with van der Waals surface area (Å²) in [6.07, 6.45) is 2.16. The quantitative estimate of drug-likeness (QED) is 0.754. The van der Waals surface area contributed by atoms with Gasteiger partial charge in [-0.1, -0.05) is 12.1 Å². The lowest BCUT2D eigenvalue weighted by molar-refractivity contribution is 0.138. The van der Waals surface area contributed by atoms with Gasteiger partial charge in [0.2, 0.25) is 0 Å². The number of piperidine rings is 1. The highest BCUT2D eigenvalue weighted by molar-refractivity contribution is 5.40. The Hall–Kier alpha value is -2.22. The molecule has 7 heteroatoms. The zero-order chi connectivity index (χ0) is 21.1. The molecule has 2 N–H and O–H groups in total. The number of benzene rings is 2. The van der Waals surface area contributed by atoms with Crippen LogP contribution in [0.5, 0.6) is 11.5 Å². The molecule has 5 nitrogen and oxygen atoms in total. The molecule has 2 aliphatic heterocycles. The minimum Gasteiger partial charge on any atom is -0.497 e. The van der Waals surface area contributed by atoms with Crippen molar-refractivity contribution >= 4 is 0 Å². The summed E-state index contributed by atoms with van der Waals surface area (Å²) in [5, 5.41) is 0. The maximum Gasteiger partial charge on any atom is 0.129 e. The topological polar surface area (TPSA) is 45.8 Å². The van der Waals surface area contributed by atoms with E-state index in [4.69, 9.17) is 9.47 Å². The second-order valence-corrected chi connectivity index (χ2v) is 8.14. The molecule has 162 valence electrons. The molecule has 2 heterocycles. The van der Waals surface area contributed by atoms with Gasteiger partial charge in [0.25, 0.3) is 0 Å². The number of rotatable bonds is 6. The molecule has 0 amide bonds. The normalized spacial score (nSPS) is 24.7. The third-order valence-electron chi connectivity index (χ3n) is 6.32. The fourth-order valence-electron chi connectivity index (χ4n) is 4.82. The maximum absolute atomic E-state index is 14.4. The van der Waals surface area contributed by atoms with Gasteiger partial charge in [-0.3, -0.25) is 15.8 Å². The van der Waals surface area contributed by atoms with Crippen molar-refractivity contribution in [2.24, 2.45) is 5.92 Å². The molecule has 0 aliphatic carbocycles. The van der Waals surface area contributed by atoms with Gasteiger partial charge < -0.3 is 9.47 Å². The van der Waals surface area contributed by atoms with E-state index in [1.165, 1.54) is 6.07 Å². The number of halogens is 2. The van der Waals surface area contributed by atoms with E-state index in [0.29, 0.717) is 18.0 Å². The van der Waals surface area contributed by atoms with E-state index in [1.54, 1.807) is 20.3 Å². The van der Waals surface area contributed by atoms with Crippen LogP contribution in [-0.4, -0.2) is 44.8 Å². The van der Waals surface area contributed by atoms with Gasteiger partial charge in [-0.25, -0.2) is 8.78 Å². The average Bonchev–Trinajstić information content (AvgIpc) is 3.24. The Labute approximate surface area is 176 Å². The van der Waals surface area contributed by atoms with Crippen molar-refractivity contribution in [1.29, 1.82) is 0 Å². The molecule has 2 saturated heterocycles.